The van der Waals surface area contributed by atoms with Crippen LogP contribution in [0.1, 0.15) is 39.4 Å². The smallest absolute Gasteiger partial charge is 0.0835 e. The Morgan fingerprint density at radius 2 is 2.19 bits per heavy atom. The molecule has 0 bridgehead atoms. The van der Waals surface area contributed by atoms with Crippen LogP contribution in [0.15, 0.2) is 12.3 Å². The van der Waals surface area contributed by atoms with Crippen molar-refractivity contribution >= 4 is 0 Å². The van der Waals surface area contributed by atoms with Crippen molar-refractivity contribution in [1.29, 1.82) is 0 Å². The van der Waals surface area contributed by atoms with Crippen molar-refractivity contribution in [2.45, 2.75) is 45.9 Å². The standard InChI is InChI=1S/C12H23N3O/c1-6-15-10(8-9-14-15)11(13-5)12(3,4)16-7-2/h8-9,11,13H,6-7H2,1-5H3. The Labute approximate surface area is 98.0 Å². The molecule has 1 aromatic heterocycles. The van der Waals surface area contributed by atoms with E-state index < -0.39 is 0 Å². The minimum Gasteiger partial charge on any atom is -0.374 e. The summed E-state index contributed by atoms with van der Waals surface area (Å²) in [6.45, 7) is 9.91. The third-order valence-electron chi connectivity index (χ3n) is 2.84. The molecule has 0 saturated carbocycles. The highest BCUT2D eigenvalue weighted by Crippen LogP contribution is 2.28. The molecule has 1 heterocycles. The maximum absolute atomic E-state index is 5.80. The molecule has 0 fully saturated rings. The normalized spacial score (nSPS) is 14.1. The molecule has 0 aromatic carbocycles. The summed E-state index contributed by atoms with van der Waals surface area (Å²) in [7, 11) is 1.96. The van der Waals surface area contributed by atoms with E-state index >= 15 is 0 Å². The van der Waals surface area contributed by atoms with E-state index in [-0.39, 0.29) is 11.6 Å². The number of aromatic nitrogens is 2. The molecule has 1 unspecified atom stereocenters. The van der Waals surface area contributed by atoms with Crippen molar-refractivity contribution in [1.82, 2.24) is 15.1 Å². The van der Waals surface area contributed by atoms with Gasteiger partial charge in [0.2, 0.25) is 0 Å². The van der Waals surface area contributed by atoms with Gasteiger partial charge in [-0.25, -0.2) is 0 Å². The molecular formula is C12H23N3O. The van der Waals surface area contributed by atoms with Gasteiger partial charge in [0.1, 0.15) is 0 Å². The predicted octanol–water partition coefficient (Wildman–Crippen LogP) is 1.98. The lowest BCUT2D eigenvalue weighted by Crippen LogP contribution is -2.41. The van der Waals surface area contributed by atoms with E-state index in [1.807, 2.05) is 30.9 Å². The molecule has 92 valence electrons. The fraction of sp³-hybridized carbons (Fsp3) is 0.750. The largest absolute Gasteiger partial charge is 0.374 e. The summed E-state index contributed by atoms with van der Waals surface area (Å²) < 4.78 is 7.80. The van der Waals surface area contributed by atoms with Crippen molar-refractivity contribution in [3.8, 4) is 0 Å². The summed E-state index contributed by atoms with van der Waals surface area (Å²) in [5.41, 5.74) is 0.930. The lowest BCUT2D eigenvalue weighted by molar-refractivity contribution is -0.0394. The first-order valence-electron chi connectivity index (χ1n) is 5.89. The maximum Gasteiger partial charge on any atom is 0.0835 e. The fourth-order valence-electron chi connectivity index (χ4n) is 2.16. The van der Waals surface area contributed by atoms with Gasteiger partial charge in [-0.15, -0.1) is 0 Å². The van der Waals surface area contributed by atoms with Gasteiger partial charge in [0, 0.05) is 19.3 Å². The minimum atomic E-state index is -0.240. The second-order valence-corrected chi connectivity index (χ2v) is 4.33. The van der Waals surface area contributed by atoms with Gasteiger partial charge in [0.15, 0.2) is 0 Å². The van der Waals surface area contributed by atoms with Gasteiger partial charge in [-0.3, -0.25) is 4.68 Å². The zero-order valence-electron chi connectivity index (χ0n) is 10.9. The minimum absolute atomic E-state index is 0.148. The molecule has 16 heavy (non-hydrogen) atoms. The number of ether oxygens (including phenoxy) is 1. The van der Waals surface area contributed by atoms with E-state index in [0.29, 0.717) is 6.61 Å². The highest BCUT2D eigenvalue weighted by Gasteiger charge is 2.32. The Kier molecular flexibility index (Phi) is 4.50. The molecule has 0 spiro atoms. The van der Waals surface area contributed by atoms with Crippen LogP contribution < -0.4 is 5.32 Å². The number of aryl methyl sites for hydroxylation is 1. The molecular weight excluding hydrogens is 202 g/mol. The molecule has 1 N–H and O–H groups in total. The van der Waals surface area contributed by atoms with Crippen molar-refractivity contribution in [3.63, 3.8) is 0 Å². The SMILES string of the molecule is CCOC(C)(C)C(NC)c1ccnn1CC. The molecule has 1 atom stereocenters. The topological polar surface area (TPSA) is 39.1 Å². The van der Waals surface area contributed by atoms with Crippen molar-refractivity contribution < 1.29 is 4.74 Å². The number of nitrogens with zero attached hydrogens (tertiary/aromatic N) is 2. The van der Waals surface area contributed by atoms with E-state index in [9.17, 15) is 0 Å². The van der Waals surface area contributed by atoms with Crippen molar-refractivity contribution in [2.24, 2.45) is 0 Å². The van der Waals surface area contributed by atoms with E-state index in [1.165, 1.54) is 5.69 Å². The van der Waals surface area contributed by atoms with Crippen molar-refractivity contribution in [3.05, 3.63) is 18.0 Å². The van der Waals surface area contributed by atoms with Gasteiger partial charge in [-0.05, 0) is 40.8 Å². The number of likely N-dealkylation sites (N-methyl/N-ethyl adjacent to an activating group) is 1. The Morgan fingerprint density at radius 3 is 2.69 bits per heavy atom. The highest BCUT2D eigenvalue weighted by molar-refractivity contribution is 5.11. The van der Waals surface area contributed by atoms with Crippen LogP contribution in [0.3, 0.4) is 0 Å². The third-order valence-corrected chi connectivity index (χ3v) is 2.84. The van der Waals surface area contributed by atoms with Gasteiger partial charge >= 0.3 is 0 Å². The first kappa shape index (κ1) is 13.2. The molecule has 4 nitrogen and oxygen atoms in total. The fourth-order valence-corrected chi connectivity index (χ4v) is 2.16. The lowest BCUT2D eigenvalue weighted by atomic mass is 9.95. The average Bonchev–Trinajstić information content (AvgIpc) is 2.66. The van der Waals surface area contributed by atoms with E-state index in [0.717, 1.165) is 6.54 Å². The zero-order chi connectivity index (χ0) is 12.2. The summed E-state index contributed by atoms with van der Waals surface area (Å²) in [5.74, 6) is 0. The van der Waals surface area contributed by atoms with E-state index in [4.69, 9.17) is 4.74 Å². The molecule has 1 rings (SSSR count). The summed E-state index contributed by atoms with van der Waals surface area (Å²) in [6.07, 6.45) is 1.84. The first-order chi connectivity index (χ1) is 7.56. The average molecular weight is 225 g/mol. The lowest BCUT2D eigenvalue weighted by Gasteiger charge is -2.34. The van der Waals surface area contributed by atoms with Crippen LogP contribution in [0.25, 0.3) is 0 Å². The monoisotopic (exact) mass is 225 g/mol. The number of rotatable bonds is 6. The summed E-state index contributed by atoms with van der Waals surface area (Å²) in [4.78, 5) is 0. The van der Waals surface area contributed by atoms with Gasteiger partial charge in [-0.2, -0.15) is 5.10 Å². The van der Waals surface area contributed by atoms with E-state index in [1.54, 1.807) is 0 Å². The molecule has 0 amide bonds. The molecule has 0 aliphatic rings. The summed E-state index contributed by atoms with van der Waals surface area (Å²) >= 11 is 0. The van der Waals surface area contributed by atoms with Crippen LogP contribution in [0, 0.1) is 0 Å². The van der Waals surface area contributed by atoms with Crippen LogP contribution >= 0.6 is 0 Å². The van der Waals surface area contributed by atoms with Crippen LogP contribution in [0.4, 0.5) is 0 Å². The number of hydrogen-bond acceptors (Lipinski definition) is 3. The van der Waals surface area contributed by atoms with Gasteiger partial charge in [-0.1, -0.05) is 0 Å². The summed E-state index contributed by atoms with van der Waals surface area (Å²) in [5, 5.41) is 7.62. The van der Waals surface area contributed by atoms with Crippen LogP contribution in [-0.2, 0) is 11.3 Å². The van der Waals surface area contributed by atoms with E-state index in [2.05, 4.69) is 31.2 Å². The molecule has 4 heteroatoms. The second kappa shape index (κ2) is 5.46. The molecule has 0 aliphatic carbocycles. The predicted molar refractivity (Wildman–Crippen MR) is 65.4 cm³/mol. The van der Waals surface area contributed by atoms with Crippen LogP contribution in [-0.4, -0.2) is 29.0 Å². The van der Waals surface area contributed by atoms with Gasteiger partial charge in [0.05, 0.1) is 17.3 Å². The zero-order valence-corrected chi connectivity index (χ0v) is 10.9. The quantitative estimate of drug-likeness (QED) is 0.804. The van der Waals surface area contributed by atoms with Crippen LogP contribution in [0.2, 0.25) is 0 Å². The molecule has 0 radical (unpaired) electrons. The highest BCUT2D eigenvalue weighted by atomic mass is 16.5. The Hall–Kier alpha value is -0.870. The summed E-state index contributed by atoms with van der Waals surface area (Å²) in [6, 6.07) is 2.20. The maximum atomic E-state index is 5.80. The Morgan fingerprint density at radius 1 is 1.50 bits per heavy atom. The van der Waals surface area contributed by atoms with Crippen LogP contribution in [0.5, 0.6) is 0 Å². The third kappa shape index (κ3) is 2.62. The van der Waals surface area contributed by atoms with Gasteiger partial charge in [0.25, 0.3) is 0 Å². The molecule has 0 aliphatic heterocycles. The second-order valence-electron chi connectivity index (χ2n) is 4.33. The first-order valence-corrected chi connectivity index (χ1v) is 5.89. The number of nitrogens with one attached hydrogen (secondary N) is 1. The Bertz CT molecular complexity index is 320. The van der Waals surface area contributed by atoms with Crippen molar-refractivity contribution in [2.75, 3.05) is 13.7 Å². The number of hydrogen-bond donors (Lipinski definition) is 1. The Balaban J connectivity index is 2.97. The molecule has 0 saturated heterocycles. The van der Waals surface area contributed by atoms with Gasteiger partial charge < -0.3 is 10.1 Å². The molecule has 1 aromatic rings.